The molecule has 2 heterocycles. The lowest BCUT2D eigenvalue weighted by Crippen LogP contribution is -2.31. The van der Waals surface area contributed by atoms with Crippen molar-refractivity contribution in [3.8, 4) is 0 Å². The molecular formula is C11H16O6. The highest BCUT2D eigenvalue weighted by Crippen LogP contribution is 2.39. The number of hydrogen-bond acceptors (Lipinski definition) is 6. The van der Waals surface area contributed by atoms with Crippen LogP contribution in [0.1, 0.15) is 20.3 Å². The zero-order valence-electron chi connectivity index (χ0n) is 10.0. The third-order valence-electron chi connectivity index (χ3n) is 2.92. The summed E-state index contributed by atoms with van der Waals surface area (Å²) in [6.07, 6.45) is -1.29. The molecule has 17 heavy (non-hydrogen) atoms. The predicted molar refractivity (Wildman–Crippen MR) is 55.2 cm³/mol. The van der Waals surface area contributed by atoms with E-state index < -0.39 is 36.2 Å². The van der Waals surface area contributed by atoms with Gasteiger partial charge in [-0.2, -0.15) is 0 Å². The monoisotopic (exact) mass is 244 g/mol. The molecular weight excluding hydrogens is 228 g/mol. The lowest BCUT2D eigenvalue weighted by atomic mass is 10.1. The minimum absolute atomic E-state index is 0.0570. The van der Waals surface area contributed by atoms with Crippen LogP contribution in [0.2, 0.25) is 0 Å². The molecule has 6 nitrogen and oxygen atoms in total. The Kier molecular flexibility index (Phi) is 3.20. The zero-order chi connectivity index (χ0) is 12.6. The third kappa shape index (κ3) is 2.34. The maximum absolute atomic E-state index is 11.2. The Morgan fingerprint density at radius 2 is 2.00 bits per heavy atom. The van der Waals surface area contributed by atoms with E-state index in [2.05, 4.69) is 4.74 Å². The number of aldehydes is 1. The number of hydrogen-bond donors (Lipinski definition) is 0. The van der Waals surface area contributed by atoms with Crippen LogP contribution < -0.4 is 0 Å². The van der Waals surface area contributed by atoms with Crippen molar-refractivity contribution in [2.24, 2.45) is 0 Å². The number of carbonyl (C=O) groups is 2. The fourth-order valence-electron chi connectivity index (χ4n) is 2.24. The maximum Gasteiger partial charge on any atom is 0.308 e. The normalized spacial score (nSPS) is 38.8. The molecule has 0 aromatic carbocycles. The highest BCUT2D eigenvalue weighted by atomic mass is 16.8. The van der Waals surface area contributed by atoms with Gasteiger partial charge < -0.3 is 23.7 Å². The lowest BCUT2D eigenvalue weighted by Gasteiger charge is -2.22. The fraction of sp³-hybridized carbons (Fsp3) is 0.818. The molecule has 2 fully saturated rings. The van der Waals surface area contributed by atoms with Gasteiger partial charge in [-0.25, -0.2) is 0 Å². The van der Waals surface area contributed by atoms with Gasteiger partial charge in [-0.05, 0) is 13.8 Å². The predicted octanol–water partition coefficient (Wildman–Crippen LogP) is 0.0359. The molecule has 6 heteroatoms. The first-order valence-corrected chi connectivity index (χ1v) is 5.50. The van der Waals surface area contributed by atoms with Gasteiger partial charge >= 0.3 is 5.97 Å². The van der Waals surface area contributed by atoms with Gasteiger partial charge in [0, 0.05) is 0 Å². The summed E-state index contributed by atoms with van der Waals surface area (Å²) in [4.78, 5) is 22.1. The standard InChI is InChI=1S/C11H16O6/c1-11(2)16-9-6(4-8(13)14-3)15-7(5-12)10(9)17-11/h5-7,9-10H,4H2,1-3H3/t6-,7+,9+,10-/m0/s1. The molecule has 2 saturated heterocycles. The third-order valence-corrected chi connectivity index (χ3v) is 2.92. The second-order valence-electron chi connectivity index (χ2n) is 4.62. The summed E-state index contributed by atoms with van der Waals surface area (Å²) in [5.74, 6) is -1.15. The summed E-state index contributed by atoms with van der Waals surface area (Å²) < 4.78 is 21.2. The van der Waals surface area contributed by atoms with E-state index in [1.54, 1.807) is 13.8 Å². The molecule has 0 bridgehead atoms. The Morgan fingerprint density at radius 1 is 1.35 bits per heavy atom. The Hall–Kier alpha value is -0.980. The van der Waals surface area contributed by atoms with Gasteiger partial charge in [0.2, 0.25) is 0 Å². The molecule has 0 saturated carbocycles. The van der Waals surface area contributed by atoms with Crippen molar-refractivity contribution >= 4 is 12.3 Å². The molecule has 0 aliphatic carbocycles. The van der Waals surface area contributed by atoms with E-state index in [0.717, 1.165) is 0 Å². The molecule has 0 radical (unpaired) electrons. The van der Waals surface area contributed by atoms with Crippen LogP contribution in [0.25, 0.3) is 0 Å². The SMILES string of the molecule is COC(=O)C[C@@H]1O[C@H](C=O)[C@@H]2OC(C)(C)O[C@@H]21. The van der Waals surface area contributed by atoms with E-state index in [1.807, 2.05) is 0 Å². The van der Waals surface area contributed by atoms with Crippen LogP contribution in [0.5, 0.6) is 0 Å². The molecule has 0 aromatic rings. The second kappa shape index (κ2) is 4.36. The Balaban J connectivity index is 2.10. The van der Waals surface area contributed by atoms with Gasteiger partial charge in [-0.3, -0.25) is 4.79 Å². The highest BCUT2D eigenvalue weighted by Gasteiger charge is 2.55. The topological polar surface area (TPSA) is 71.1 Å². The van der Waals surface area contributed by atoms with Crippen molar-refractivity contribution in [3.63, 3.8) is 0 Å². The summed E-state index contributed by atoms with van der Waals surface area (Å²) in [5.41, 5.74) is 0. The first-order valence-electron chi connectivity index (χ1n) is 5.50. The number of esters is 1. The first-order chi connectivity index (χ1) is 7.96. The molecule has 0 aromatic heterocycles. The van der Waals surface area contributed by atoms with Gasteiger partial charge in [-0.1, -0.05) is 0 Å². The number of ether oxygens (including phenoxy) is 4. The summed E-state index contributed by atoms with van der Waals surface area (Å²) >= 11 is 0. The minimum Gasteiger partial charge on any atom is -0.469 e. The van der Waals surface area contributed by atoms with Crippen LogP contribution >= 0.6 is 0 Å². The maximum atomic E-state index is 11.2. The molecule has 4 atom stereocenters. The molecule has 0 N–H and O–H groups in total. The van der Waals surface area contributed by atoms with E-state index >= 15 is 0 Å². The van der Waals surface area contributed by atoms with Crippen molar-refractivity contribution in [2.75, 3.05) is 7.11 Å². The second-order valence-corrected chi connectivity index (χ2v) is 4.62. The highest BCUT2D eigenvalue weighted by molar-refractivity contribution is 5.70. The van der Waals surface area contributed by atoms with E-state index in [-0.39, 0.29) is 6.42 Å². The average Bonchev–Trinajstić information content (AvgIpc) is 2.73. The Labute approximate surface area is 99.2 Å². The van der Waals surface area contributed by atoms with Crippen molar-refractivity contribution in [1.82, 2.24) is 0 Å². The molecule has 0 spiro atoms. The quantitative estimate of drug-likeness (QED) is 0.515. The van der Waals surface area contributed by atoms with Crippen molar-refractivity contribution < 1.29 is 28.5 Å². The largest absolute Gasteiger partial charge is 0.469 e. The van der Waals surface area contributed by atoms with E-state index in [9.17, 15) is 9.59 Å². The molecule has 2 aliphatic heterocycles. The number of carbonyl (C=O) groups excluding carboxylic acids is 2. The zero-order valence-corrected chi connectivity index (χ0v) is 10.0. The first kappa shape index (κ1) is 12.5. The molecule has 0 unspecified atom stereocenters. The van der Waals surface area contributed by atoms with Crippen molar-refractivity contribution in [3.05, 3.63) is 0 Å². The van der Waals surface area contributed by atoms with Crippen LogP contribution in [-0.2, 0) is 28.5 Å². The molecule has 0 amide bonds. The number of fused-ring (bicyclic) bond motifs is 1. The summed E-state index contributed by atoms with van der Waals surface area (Å²) in [6.45, 7) is 3.53. The Bertz CT molecular complexity index is 326. The van der Waals surface area contributed by atoms with Crippen LogP contribution in [0.15, 0.2) is 0 Å². The molecule has 96 valence electrons. The smallest absolute Gasteiger partial charge is 0.308 e. The lowest BCUT2D eigenvalue weighted by molar-refractivity contribution is -0.188. The van der Waals surface area contributed by atoms with Crippen molar-refractivity contribution in [1.29, 1.82) is 0 Å². The Morgan fingerprint density at radius 3 is 2.59 bits per heavy atom. The van der Waals surface area contributed by atoms with Gasteiger partial charge in [-0.15, -0.1) is 0 Å². The van der Waals surface area contributed by atoms with E-state index in [4.69, 9.17) is 14.2 Å². The average molecular weight is 244 g/mol. The molecule has 2 aliphatic rings. The van der Waals surface area contributed by atoms with Crippen molar-refractivity contribution in [2.45, 2.75) is 50.5 Å². The van der Waals surface area contributed by atoms with Gasteiger partial charge in [0.25, 0.3) is 0 Å². The van der Waals surface area contributed by atoms with Crippen LogP contribution in [0.3, 0.4) is 0 Å². The summed E-state index contributed by atoms with van der Waals surface area (Å²) in [7, 11) is 1.31. The minimum atomic E-state index is -0.755. The molecule has 2 rings (SSSR count). The number of methoxy groups -OCH3 is 1. The van der Waals surface area contributed by atoms with Crippen LogP contribution in [0.4, 0.5) is 0 Å². The van der Waals surface area contributed by atoms with Crippen LogP contribution in [-0.4, -0.2) is 49.6 Å². The van der Waals surface area contributed by atoms with Gasteiger partial charge in [0.15, 0.2) is 12.1 Å². The summed E-state index contributed by atoms with van der Waals surface area (Å²) in [5, 5.41) is 0. The van der Waals surface area contributed by atoms with Gasteiger partial charge in [0.05, 0.1) is 19.6 Å². The van der Waals surface area contributed by atoms with E-state index in [0.29, 0.717) is 6.29 Å². The van der Waals surface area contributed by atoms with Crippen LogP contribution in [0, 0.1) is 0 Å². The van der Waals surface area contributed by atoms with Gasteiger partial charge in [0.1, 0.15) is 18.3 Å². The number of rotatable bonds is 3. The fourth-order valence-corrected chi connectivity index (χ4v) is 2.24. The summed E-state index contributed by atoms with van der Waals surface area (Å²) in [6, 6.07) is 0. The van der Waals surface area contributed by atoms with E-state index in [1.165, 1.54) is 7.11 Å².